The zero-order chi connectivity index (χ0) is 25.3. The minimum atomic E-state index is -0.665. The lowest BCUT2D eigenvalue weighted by molar-refractivity contribution is -0.142. The van der Waals surface area contributed by atoms with Crippen molar-refractivity contribution in [1.29, 1.82) is 0 Å². The molecule has 0 bridgehead atoms. The van der Waals surface area contributed by atoms with Crippen LogP contribution in [-0.4, -0.2) is 47.5 Å². The van der Waals surface area contributed by atoms with Crippen LogP contribution in [0.1, 0.15) is 5.56 Å². The summed E-state index contributed by atoms with van der Waals surface area (Å²) in [5.41, 5.74) is 3.51. The number of para-hydroxylation sites is 1. The van der Waals surface area contributed by atoms with E-state index >= 15 is 0 Å². The maximum absolute atomic E-state index is 12.3. The van der Waals surface area contributed by atoms with Crippen LogP contribution in [0.5, 0.6) is 11.5 Å². The summed E-state index contributed by atoms with van der Waals surface area (Å²) in [5, 5.41) is 7.32. The van der Waals surface area contributed by atoms with E-state index in [0.29, 0.717) is 28.4 Å². The zero-order valence-corrected chi connectivity index (χ0v) is 19.8. The zero-order valence-electron chi connectivity index (χ0n) is 19.8. The molecule has 0 aliphatic carbocycles. The van der Waals surface area contributed by atoms with Crippen LogP contribution in [0.2, 0.25) is 0 Å². The number of benzene rings is 2. The van der Waals surface area contributed by atoms with Crippen LogP contribution in [0.25, 0.3) is 23.0 Å². The molecule has 0 aliphatic rings. The van der Waals surface area contributed by atoms with Crippen molar-refractivity contribution in [1.82, 2.24) is 14.8 Å². The highest BCUT2D eigenvalue weighted by Gasteiger charge is 2.12. The highest BCUT2D eigenvalue weighted by molar-refractivity contribution is 5.95. The van der Waals surface area contributed by atoms with Crippen LogP contribution in [0, 0.1) is 0 Å². The van der Waals surface area contributed by atoms with E-state index in [2.05, 4.69) is 15.4 Å². The second-order valence-corrected chi connectivity index (χ2v) is 7.51. The SMILES string of the molecule is COc1ccc(NC(=O)COC(=O)C=Cc2cn(-c3ccccc3)nc2-c2cccnc2)cc1OC. The predicted molar refractivity (Wildman–Crippen MR) is 135 cm³/mol. The number of rotatable bonds is 9. The fourth-order valence-corrected chi connectivity index (χ4v) is 3.40. The Morgan fingerprint density at radius 1 is 1.00 bits per heavy atom. The molecule has 4 aromatic rings. The van der Waals surface area contributed by atoms with Gasteiger partial charge in [-0.15, -0.1) is 0 Å². The first-order valence-corrected chi connectivity index (χ1v) is 11.0. The molecule has 2 heterocycles. The molecule has 9 heteroatoms. The lowest BCUT2D eigenvalue weighted by atomic mass is 10.1. The van der Waals surface area contributed by atoms with Gasteiger partial charge < -0.3 is 19.5 Å². The van der Waals surface area contributed by atoms with E-state index in [-0.39, 0.29) is 0 Å². The maximum atomic E-state index is 12.3. The van der Waals surface area contributed by atoms with Crippen molar-refractivity contribution in [2.45, 2.75) is 0 Å². The van der Waals surface area contributed by atoms with Crippen molar-refractivity contribution in [3.05, 3.63) is 90.9 Å². The molecule has 0 fully saturated rings. The summed E-state index contributed by atoms with van der Waals surface area (Å²) >= 11 is 0. The first kappa shape index (κ1) is 24.2. The van der Waals surface area contributed by atoms with Crippen LogP contribution in [-0.2, 0) is 14.3 Å². The first-order chi connectivity index (χ1) is 17.6. The summed E-state index contributed by atoms with van der Waals surface area (Å²) in [6, 6.07) is 18.3. The van der Waals surface area contributed by atoms with Crippen LogP contribution >= 0.6 is 0 Å². The van der Waals surface area contributed by atoms with Gasteiger partial charge in [0.15, 0.2) is 18.1 Å². The Balaban J connectivity index is 1.43. The monoisotopic (exact) mass is 484 g/mol. The highest BCUT2D eigenvalue weighted by atomic mass is 16.5. The molecule has 0 unspecified atom stereocenters. The largest absolute Gasteiger partial charge is 0.493 e. The summed E-state index contributed by atoms with van der Waals surface area (Å²) in [6.45, 7) is -0.448. The predicted octanol–water partition coefficient (Wildman–Crippen LogP) is 4.15. The number of anilines is 1. The van der Waals surface area contributed by atoms with Crippen LogP contribution < -0.4 is 14.8 Å². The second-order valence-electron chi connectivity index (χ2n) is 7.51. The van der Waals surface area contributed by atoms with E-state index in [1.165, 1.54) is 20.3 Å². The number of nitrogens with zero attached hydrogens (tertiary/aromatic N) is 3. The molecular formula is C27H24N4O5. The third-order valence-electron chi connectivity index (χ3n) is 5.11. The molecule has 1 N–H and O–H groups in total. The van der Waals surface area contributed by atoms with E-state index < -0.39 is 18.5 Å². The smallest absolute Gasteiger partial charge is 0.331 e. The van der Waals surface area contributed by atoms with Gasteiger partial charge in [0.05, 0.1) is 19.9 Å². The Labute approximate surface area is 208 Å². The fourth-order valence-electron chi connectivity index (χ4n) is 3.40. The minimum Gasteiger partial charge on any atom is -0.493 e. The Morgan fingerprint density at radius 2 is 1.81 bits per heavy atom. The molecule has 9 nitrogen and oxygen atoms in total. The van der Waals surface area contributed by atoms with Gasteiger partial charge in [-0.2, -0.15) is 5.10 Å². The molecule has 0 atom stereocenters. The summed E-state index contributed by atoms with van der Waals surface area (Å²) in [7, 11) is 3.02. The van der Waals surface area contributed by atoms with Gasteiger partial charge >= 0.3 is 5.97 Å². The third-order valence-corrected chi connectivity index (χ3v) is 5.11. The molecule has 2 aromatic carbocycles. The number of pyridine rings is 1. The number of amides is 1. The van der Waals surface area contributed by atoms with E-state index in [4.69, 9.17) is 14.2 Å². The number of nitrogens with one attached hydrogen (secondary N) is 1. The van der Waals surface area contributed by atoms with Gasteiger partial charge in [-0.25, -0.2) is 9.48 Å². The van der Waals surface area contributed by atoms with Gasteiger partial charge in [-0.3, -0.25) is 9.78 Å². The number of carbonyl (C=O) groups excluding carboxylic acids is 2. The van der Waals surface area contributed by atoms with Gasteiger partial charge in [0, 0.05) is 47.5 Å². The average Bonchev–Trinajstić information content (AvgIpc) is 3.36. The van der Waals surface area contributed by atoms with Crippen molar-refractivity contribution in [3.63, 3.8) is 0 Å². The van der Waals surface area contributed by atoms with E-state index in [0.717, 1.165) is 11.3 Å². The van der Waals surface area contributed by atoms with Gasteiger partial charge in [0.2, 0.25) is 0 Å². The Morgan fingerprint density at radius 3 is 2.53 bits per heavy atom. The standard InChI is InChI=1S/C27H24N4O5/c1-34-23-12-11-21(15-24(23)35-2)29-25(32)18-36-26(33)13-10-20-17-31(22-8-4-3-5-9-22)30-27(20)19-7-6-14-28-16-19/h3-17H,18H2,1-2H3,(H,29,32). The van der Waals surface area contributed by atoms with Crippen LogP contribution in [0.3, 0.4) is 0 Å². The van der Waals surface area contributed by atoms with Crippen LogP contribution in [0.4, 0.5) is 5.69 Å². The van der Waals surface area contributed by atoms with Gasteiger partial charge in [0.1, 0.15) is 5.69 Å². The summed E-state index contributed by atoms with van der Waals surface area (Å²) < 4.78 is 17.2. The number of methoxy groups -OCH3 is 2. The van der Waals surface area contributed by atoms with Gasteiger partial charge in [0.25, 0.3) is 5.91 Å². The normalized spacial score (nSPS) is 10.7. The molecule has 2 aromatic heterocycles. The van der Waals surface area contributed by atoms with E-state index in [1.54, 1.807) is 41.4 Å². The summed E-state index contributed by atoms with van der Waals surface area (Å²) in [4.78, 5) is 28.7. The average molecular weight is 485 g/mol. The lowest BCUT2D eigenvalue weighted by Gasteiger charge is -2.10. The molecule has 4 rings (SSSR count). The number of hydrogen-bond donors (Lipinski definition) is 1. The van der Waals surface area contributed by atoms with E-state index in [9.17, 15) is 9.59 Å². The van der Waals surface area contributed by atoms with Crippen molar-refractivity contribution >= 4 is 23.6 Å². The first-order valence-electron chi connectivity index (χ1n) is 11.0. The number of carbonyl (C=O) groups is 2. The quantitative estimate of drug-likeness (QED) is 0.281. The van der Waals surface area contributed by atoms with Crippen LogP contribution in [0.15, 0.2) is 85.3 Å². The van der Waals surface area contributed by atoms with Crippen molar-refractivity contribution in [2.75, 3.05) is 26.1 Å². The minimum absolute atomic E-state index is 0.448. The molecule has 1 amide bonds. The molecule has 0 spiro atoms. The maximum Gasteiger partial charge on any atom is 0.331 e. The molecular weight excluding hydrogens is 460 g/mol. The Kier molecular flexibility index (Phi) is 7.72. The summed E-state index contributed by atoms with van der Waals surface area (Å²) in [5.74, 6) is -0.150. The highest BCUT2D eigenvalue weighted by Crippen LogP contribution is 2.29. The molecule has 0 saturated heterocycles. The lowest BCUT2D eigenvalue weighted by Crippen LogP contribution is -2.20. The van der Waals surface area contributed by atoms with Gasteiger partial charge in [-0.1, -0.05) is 18.2 Å². The number of esters is 1. The van der Waals surface area contributed by atoms with Crippen molar-refractivity contribution < 1.29 is 23.8 Å². The topological polar surface area (TPSA) is 105 Å². The fraction of sp³-hybridized carbons (Fsp3) is 0.111. The molecule has 0 aliphatic heterocycles. The van der Waals surface area contributed by atoms with Gasteiger partial charge in [-0.05, 0) is 42.5 Å². The van der Waals surface area contributed by atoms with E-state index in [1.807, 2.05) is 48.7 Å². The van der Waals surface area contributed by atoms with Crippen molar-refractivity contribution in [2.24, 2.45) is 0 Å². The summed E-state index contributed by atoms with van der Waals surface area (Å²) in [6.07, 6.45) is 8.05. The molecule has 182 valence electrons. The number of hydrogen-bond acceptors (Lipinski definition) is 7. The molecule has 0 saturated carbocycles. The second kappa shape index (κ2) is 11.5. The third kappa shape index (κ3) is 5.95. The number of ether oxygens (including phenoxy) is 3. The Hall–Kier alpha value is -4.92. The molecule has 0 radical (unpaired) electrons. The Bertz CT molecular complexity index is 1370. The molecule has 36 heavy (non-hydrogen) atoms. The number of aromatic nitrogens is 3. The van der Waals surface area contributed by atoms with Crippen molar-refractivity contribution in [3.8, 4) is 28.4 Å².